The topological polar surface area (TPSA) is 82.1 Å². The first-order chi connectivity index (χ1) is 9.48. The van der Waals surface area contributed by atoms with E-state index in [1.54, 1.807) is 4.90 Å². The molecule has 21 heavy (non-hydrogen) atoms. The molecule has 2 atom stereocenters. The van der Waals surface area contributed by atoms with Crippen LogP contribution in [-0.2, 0) is 23.8 Å². The van der Waals surface area contributed by atoms with Gasteiger partial charge >= 0.3 is 6.09 Å². The van der Waals surface area contributed by atoms with Crippen molar-refractivity contribution in [2.24, 2.45) is 0 Å². The van der Waals surface area contributed by atoms with Gasteiger partial charge in [-0.15, -0.1) is 0 Å². The molecule has 2 aliphatic rings. The van der Waals surface area contributed by atoms with Crippen LogP contribution in [0.1, 0.15) is 33.6 Å². The van der Waals surface area contributed by atoms with Gasteiger partial charge in [-0.2, -0.15) is 8.42 Å². The molecule has 0 aromatic rings. The smallest absolute Gasteiger partial charge is 0.410 e. The summed E-state index contributed by atoms with van der Waals surface area (Å²) in [5.41, 5.74) is -1.04. The molecule has 2 heterocycles. The fourth-order valence-electron chi connectivity index (χ4n) is 2.72. The summed E-state index contributed by atoms with van der Waals surface area (Å²) in [7, 11) is -3.49. The van der Waals surface area contributed by atoms with E-state index >= 15 is 0 Å². The first kappa shape index (κ1) is 16.5. The van der Waals surface area contributed by atoms with E-state index in [1.807, 2.05) is 20.8 Å². The minimum atomic E-state index is -3.49. The zero-order valence-electron chi connectivity index (χ0n) is 12.9. The number of nitrogens with zero attached hydrogens (tertiary/aromatic N) is 1. The van der Waals surface area contributed by atoms with Crippen molar-refractivity contribution in [3.8, 4) is 0 Å². The van der Waals surface area contributed by atoms with Gasteiger partial charge in [0, 0.05) is 13.0 Å². The molecule has 0 aromatic heterocycles. The highest BCUT2D eigenvalue weighted by molar-refractivity contribution is 7.86. The van der Waals surface area contributed by atoms with Gasteiger partial charge in [-0.05, 0) is 27.2 Å². The molecule has 0 aliphatic carbocycles. The molecular formula is C13H23NO6S. The second kappa shape index (κ2) is 5.40. The Morgan fingerprint density at radius 1 is 1.38 bits per heavy atom. The third kappa shape index (κ3) is 4.55. The van der Waals surface area contributed by atoms with Crippen LogP contribution in [0.3, 0.4) is 0 Å². The average Bonchev–Trinajstić information content (AvgIpc) is 2.82. The molecular weight excluding hydrogens is 298 g/mol. The van der Waals surface area contributed by atoms with E-state index in [0.29, 0.717) is 25.9 Å². The van der Waals surface area contributed by atoms with E-state index in [2.05, 4.69) is 0 Å². The lowest BCUT2D eigenvalue weighted by Gasteiger charge is -2.26. The number of amides is 1. The number of hydrogen-bond acceptors (Lipinski definition) is 6. The maximum absolute atomic E-state index is 12.0. The van der Waals surface area contributed by atoms with Crippen molar-refractivity contribution in [3.05, 3.63) is 0 Å². The molecule has 7 nitrogen and oxygen atoms in total. The van der Waals surface area contributed by atoms with Crippen molar-refractivity contribution < 1.29 is 26.9 Å². The Bertz CT molecular complexity index is 511. The highest BCUT2D eigenvalue weighted by Crippen LogP contribution is 2.37. The minimum absolute atomic E-state index is 0.231. The molecule has 0 radical (unpaired) electrons. The largest absolute Gasteiger partial charge is 0.444 e. The van der Waals surface area contributed by atoms with Crippen LogP contribution in [0.25, 0.3) is 0 Å². The number of rotatable bonds is 2. The Morgan fingerprint density at radius 3 is 2.62 bits per heavy atom. The maximum Gasteiger partial charge on any atom is 0.410 e. The Balaban J connectivity index is 1.92. The molecule has 2 rings (SSSR count). The first-order valence-corrected chi connectivity index (χ1v) is 8.80. The van der Waals surface area contributed by atoms with Crippen LogP contribution in [0.4, 0.5) is 4.79 Å². The van der Waals surface area contributed by atoms with Gasteiger partial charge in [-0.1, -0.05) is 0 Å². The summed E-state index contributed by atoms with van der Waals surface area (Å²) < 4.78 is 38.4. The summed E-state index contributed by atoms with van der Waals surface area (Å²) >= 11 is 0. The molecule has 8 heteroatoms. The summed E-state index contributed by atoms with van der Waals surface area (Å²) in [6.45, 7) is 6.64. The standard InChI is InChI=1S/C13H23NO6S/c1-12(2,3)19-11(15)14-6-5-13(9-14)7-10(8-18-13)20-21(4,16)17/h10H,5-9H2,1-4H3. The molecule has 0 bridgehead atoms. The van der Waals surface area contributed by atoms with Crippen LogP contribution in [-0.4, -0.2) is 62.7 Å². The third-order valence-electron chi connectivity index (χ3n) is 3.45. The molecule has 122 valence electrons. The number of carbonyl (C=O) groups is 1. The lowest BCUT2D eigenvalue weighted by Crippen LogP contribution is -2.39. The lowest BCUT2D eigenvalue weighted by molar-refractivity contribution is -0.000676. The molecule has 0 saturated carbocycles. The second-order valence-corrected chi connectivity index (χ2v) is 8.37. The summed E-state index contributed by atoms with van der Waals surface area (Å²) in [4.78, 5) is 13.6. The van der Waals surface area contributed by atoms with Crippen molar-refractivity contribution >= 4 is 16.2 Å². The van der Waals surface area contributed by atoms with Crippen LogP contribution in [0.5, 0.6) is 0 Å². The van der Waals surface area contributed by atoms with E-state index in [-0.39, 0.29) is 12.7 Å². The molecule has 2 fully saturated rings. The highest BCUT2D eigenvalue weighted by Gasteiger charge is 2.48. The second-order valence-electron chi connectivity index (χ2n) is 6.77. The maximum atomic E-state index is 12.0. The fraction of sp³-hybridized carbons (Fsp3) is 0.923. The number of hydrogen-bond donors (Lipinski definition) is 0. The van der Waals surface area contributed by atoms with Crippen LogP contribution in [0, 0.1) is 0 Å². The summed E-state index contributed by atoms with van der Waals surface area (Å²) in [6.07, 6.45) is 1.32. The van der Waals surface area contributed by atoms with Crippen LogP contribution >= 0.6 is 0 Å². The van der Waals surface area contributed by atoms with E-state index < -0.39 is 27.4 Å². The number of likely N-dealkylation sites (tertiary alicyclic amines) is 1. The van der Waals surface area contributed by atoms with Crippen LogP contribution in [0.15, 0.2) is 0 Å². The van der Waals surface area contributed by atoms with Gasteiger partial charge in [-0.3, -0.25) is 4.18 Å². The van der Waals surface area contributed by atoms with Crippen molar-refractivity contribution in [2.75, 3.05) is 26.0 Å². The van der Waals surface area contributed by atoms with Gasteiger partial charge in [-0.25, -0.2) is 4.79 Å². The monoisotopic (exact) mass is 321 g/mol. The van der Waals surface area contributed by atoms with Crippen LogP contribution in [0.2, 0.25) is 0 Å². The third-order valence-corrected chi connectivity index (χ3v) is 4.08. The lowest BCUT2D eigenvalue weighted by atomic mass is 9.98. The molecule has 1 amide bonds. The van der Waals surface area contributed by atoms with Gasteiger partial charge in [0.25, 0.3) is 10.1 Å². The summed E-state index contributed by atoms with van der Waals surface area (Å²) in [5, 5.41) is 0. The predicted molar refractivity (Wildman–Crippen MR) is 75.4 cm³/mol. The summed E-state index contributed by atoms with van der Waals surface area (Å²) in [6, 6.07) is 0. The molecule has 2 unspecified atom stereocenters. The number of ether oxygens (including phenoxy) is 2. The Hall–Kier alpha value is -0.860. The highest BCUT2D eigenvalue weighted by atomic mass is 32.2. The normalized spacial score (nSPS) is 30.1. The quantitative estimate of drug-likeness (QED) is 0.709. The Kier molecular flexibility index (Phi) is 4.25. The fourth-order valence-corrected chi connectivity index (χ4v) is 3.34. The van der Waals surface area contributed by atoms with E-state index in [9.17, 15) is 13.2 Å². The van der Waals surface area contributed by atoms with Gasteiger partial charge in [0.1, 0.15) is 11.7 Å². The SMILES string of the molecule is CC(C)(C)OC(=O)N1CCC2(CC(OS(C)(=O)=O)CO2)C1. The molecule has 1 spiro atoms. The zero-order valence-corrected chi connectivity index (χ0v) is 13.7. The molecule has 0 N–H and O–H groups in total. The van der Waals surface area contributed by atoms with Crippen molar-refractivity contribution in [2.45, 2.75) is 50.9 Å². The molecule has 2 aliphatic heterocycles. The first-order valence-electron chi connectivity index (χ1n) is 6.98. The van der Waals surface area contributed by atoms with Crippen molar-refractivity contribution in [1.82, 2.24) is 4.90 Å². The summed E-state index contributed by atoms with van der Waals surface area (Å²) in [5.74, 6) is 0. The van der Waals surface area contributed by atoms with Crippen molar-refractivity contribution in [1.29, 1.82) is 0 Å². The van der Waals surface area contributed by atoms with Gasteiger partial charge < -0.3 is 14.4 Å². The van der Waals surface area contributed by atoms with Crippen LogP contribution < -0.4 is 0 Å². The predicted octanol–water partition coefficient (Wildman–Crippen LogP) is 1.13. The van der Waals surface area contributed by atoms with Gasteiger partial charge in [0.05, 0.1) is 25.0 Å². The molecule has 0 aromatic carbocycles. The van der Waals surface area contributed by atoms with E-state index in [0.717, 1.165) is 6.26 Å². The Labute approximate surface area is 125 Å². The Morgan fingerprint density at radius 2 is 2.05 bits per heavy atom. The minimum Gasteiger partial charge on any atom is -0.444 e. The zero-order chi connectivity index (χ0) is 15.9. The van der Waals surface area contributed by atoms with E-state index in [1.165, 1.54) is 0 Å². The number of carbonyl (C=O) groups excluding carboxylic acids is 1. The van der Waals surface area contributed by atoms with Gasteiger partial charge in [0.15, 0.2) is 0 Å². The van der Waals surface area contributed by atoms with Crippen molar-refractivity contribution in [3.63, 3.8) is 0 Å². The van der Waals surface area contributed by atoms with E-state index in [4.69, 9.17) is 13.7 Å². The molecule has 2 saturated heterocycles. The average molecular weight is 321 g/mol. The van der Waals surface area contributed by atoms with Gasteiger partial charge in [0.2, 0.25) is 0 Å².